The normalized spacial score (nSPS) is 34.0. The van der Waals surface area contributed by atoms with Crippen LogP contribution in [0.15, 0.2) is 0 Å². The van der Waals surface area contributed by atoms with Crippen LogP contribution in [0, 0.1) is 0 Å². The van der Waals surface area contributed by atoms with E-state index in [0.29, 0.717) is 0 Å². The molecule has 0 aromatic heterocycles. The quantitative estimate of drug-likeness (QED) is 0.792. The van der Waals surface area contributed by atoms with Crippen LogP contribution in [0.25, 0.3) is 0 Å². The van der Waals surface area contributed by atoms with Gasteiger partial charge in [0.15, 0.2) is 0 Å². The summed E-state index contributed by atoms with van der Waals surface area (Å²) in [4.78, 5) is 2.70. The van der Waals surface area contributed by atoms with Crippen molar-refractivity contribution >= 4 is 11.8 Å². The van der Waals surface area contributed by atoms with Gasteiger partial charge in [-0.1, -0.05) is 13.3 Å². The average Bonchev–Trinajstić information content (AvgIpc) is 2.69. The maximum absolute atomic E-state index is 3.77. The topological polar surface area (TPSA) is 15.3 Å². The third-order valence-corrected chi connectivity index (χ3v) is 4.90. The van der Waals surface area contributed by atoms with E-state index in [1.165, 1.54) is 45.3 Å². The van der Waals surface area contributed by atoms with E-state index in [1.54, 1.807) is 0 Å². The summed E-state index contributed by atoms with van der Waals surface area (Å²) >= 11 is 1.96. The average molecular weight is 228 g/mol. The minimum atomic E-state index is 0.752. The molecule has 2 saturated heterocycles. The highest BCUT2D eigenvalue weighted by Gasteiger charge is 2.34. The molecule has 0 spiro atoms. The Morgan fingerprint density at radius 1 is 1.33 bits per heavy atom. The highest BCUT2D eigenvalue weighted by atomic mass is 32.2. The lowest BCUT2D eigenvalue weighted by atomic mass is 9.99. The Kier molecular flexibility index (Phi) is 4.35. The number of hydrogen-bond acceptors (Lipinski definition) is 3. The third kappa shape index (κ3) is 2.89. The Balaban J connectivity index is 1.78. The molecule has 3 heteroatoms. The van der Waals surface area contributed by atoms with Crippen LogP contribution in [0.1, 0.15) is 32.6 Å². The van der Waals surface area contributed by atoms with Crippen LogP contribution in [0.5, 0.6) is 0 Å². The Morgan fingerprint density at radius 3 is 3.00 bits per heavy atom. The van der Waals surface area contributed by atoms with E-state index in [1.807, 2.05) is 11.8 Å². The number of rotatable bonds is 4. The number of fused-ring (bicyclic) bond motifs is 1. The second-order valence-electron chi connectivity index (χ2n) is 4.95. The molecule has 1 N–H and O–H groups in total. The summed E-state index contributed by atoms with van der Waals surface area (Å²) in [6, 6.07) is 1.63. The first kappa shape index (κ1) is 11.7. The number of thioether (sulfide) groups is 1. The van der Waals surface area contributed by atoms with Gasteiger partial charge >= 0.3 is 0 Å². The predicted molar refractivity (Wildman–Crippen MR) is 68.6 cm³/mol. The maximum Gasteiger partial charge on any atom is 0.0249 e. The zero-order valence-electron chi connectivity index (χ0n) is 10.0. The zero-order valence-corrected chi connectivity index (χ0v) is 10.9. The summed E-state index contributed by atoms with van der Waals surface area (Å²) in [6.07, 6.45) is 7.85. The van der Waals surface area contributed by atoms with E-state index in [0.717, 1.165) is 17.3 Å². The van der Waals surface area contributed by atoms with Gasteiger partial charge in [-0.3, -0.25) is 4.90 Å². The molecule has 2 aliphatic rings. The van der Waals surface area contributed by atoms with Crippen LogP contribution < -0.4 is 5.32 Å². The number of hydrogen-bond donors (Lipinski definition) is 1. The second-order valence-corrected chi connectivity index (χ2v) is 6.22. The van der Waals surface area contributed by atoms with E-state index >= 15 is 0 Å². The van der Waals surface area contributed by atoms with E-state index in [9.17, 15) is 0 Å². The van der Waals surface area contributed by atoms with Crippen molar-refractivity contribution < 1.29 is 0 Å². The fourth-order valence-electron chi connectivity index (χ4n) is 2.89. The molecule has 0 saturated carbocycles. The van der Waals surface area contributed by atoms with Crippen molar-refractivity contribution in [2.24, 2.45) is 0 Å². The molecule has 0 amide bonds. The summed E-state index contributed by atoms with van der Waals surface area (Å²) in [6.45, 7) is 6.17. The smallest absolute Gasteiger partial charge is 0.0249 e. The number of piperidine rings is 1. The molecule has 3 atom stereocenters. The summed E-state index contributed by atoms with van der Waals surface area (Å²) in [5, 5.41) is 4.52. The largest absolute Gasteiger partial charge is 0.311 e. The highest BCUT2D eigenvalue weighted by Crippen LogP contribution is 2.27. The molecule has 2 rings (SSSR count). The van der Waals surface area contributed by atoms with Crippen molar-refractivity contribution in [3.05, 3.63) is 0 Å². The third-order valence-electron chi connectivity index (χ3n) is 3.93. The van der Waals surface area contributed by atoms with E-state index in [4.69, 9.17) is 0 Å². The summed E-state index contributed by atoms with van der Waals surface area (Å²) in [7, 11) is 0. The van der Waals surface area contributed by atoms with Gasteiger partial charge in [0.05, 0.1) is 0 Å². The minimum absolute atomic E-state index is 0.752. The highest BCUT2D eigenvalue weighted by molar-refractivity contribution is 7.99. The monoisotopic (exact) mass is 228 g/mol. The Bertz CT molecular complexity index is 198. The van der Waals surface area contributed by atoms with Crippen LogP contribution in [0.4, 0.5) is 0 Å². The Labute approximate surface area is 98.2 Å². The van der Waals surface area contributed by atoms with E-state index in [2.05, 4.69) is 23.4 Å². The van der Waals surface area contributed by atoms with Crippen LogP contribution in [-0.2, 0) is 0 Å². The van der Waals surface area contributed by atoms with Crippen molar-refractivity contribution in [3.8, 4) is 0 Å². The number of nitrogens with one attached hydrogen (secondary N) is 1. The van der Waals surface area contributed by atoms with Crippen LogP contribution in [-0.4, -0.2) is 48.1 Å². The van der Waals surface area contributed by atoms with Gasteiger partial charge in [0.2, 0.25) is 0 Å². The predicted octanol–water partition coefficient (Wildman–Crippen LogP) is 1.95. The fourth-order valence-corrected chi connectivity index (χ4v) is 3.15. The molecule has 15 heavy (non-hydrogen) atoms. The standard InChI is InChI=1S/C12H24N2S/c1-10(15-2)9-13-11-6-8-14-7-4-3-5-12(11)14/h10-13H,3-9H2,1-2H3. The van der Waals surface area contributed by atoms with Crippen LogP contribution >= 0.6 is 11.8 Å². The molecule has 0 aliphatic carbocycles. The van der Waals surface area contributed by atoms with Gasteiger partial charge in [-0.05, 0) is 32.1 Å². The molecule has 2 heterocycles. The SMILES string of the molecule is CSC(C)CNC1CCN2CCCCC12. The molecule has 2 nitrogen and oxygen atoms in total. The molecule has 0 bridgehead atoms. The van der Waals surface area contributed by atoms with Crippen LogP contribution in [0.3, 0.4) is 0 Å². The molecular weight excluding hydrogens is 204 g/mol. The fraction of sp³-hybridized carbons (Fsp3) is 1.00. The van der Waals surface area contributed by atoms with Crippen molar-refractivity contribution in [3.63, 3.8) is 0 Å². The first-order chi connectivity index (χ1) is 7.31. The van der Waals surface area contributed by atoms with Gasteiger partial charge in [-0.2, -0.15) is 11.8 Å². The van der Waals surface area contributed by atoms with Crippen molar-refractivity contribution in [2.75, 3.05) is 25.9 Å². The first-order valence-electron chi connectivity index (χ1n) is 6.31. The maximum atomic E-state index is 3.77. The van der Waals surface area contributed by atoms with Crippen molar-refractivity contribution in [2.45, 2.75) is 49.9 Å². The van der Waals surface area contributed by atoms with Gasteiger partial charge in [-0.25, -0.2) is 0 Å². The van der Waals surface area contributed by atoms with E-state index in [-0.39, 0.29) is 0 Å². The second kappa shape index (κ2) is 5.55. The molecule has 0 aromatic rings. The Hall–Kier alpha value is 0.270. The molecule has 3 unspecified atom stereocenters. The summed E-state index contributed by atoms with van der Waals surface area (Å²) < 4.78 is 0. The molecule has 2 aliphatic heterocycles. The lowest BCUT2D eigenvalue weighted by molar-refractivity contribution is 0.181. The van der Waals surface area contributed by atoms with Gasteiger partial charge in [0.1, 0.15) is 0 Å². The molecule has 2 fully saturated rings. The Morgan fingerprint density at radius 2 is 2.20 bits per heavy atom. The number of nitrogens with zero attached hydrogens (tertiary/aromatic N) is 1. The van der Waals surface area contributed by atoms with Crippen molar-refractivity contribution in [1.29, 1.82) is 0 Å². The van der Waals surface area contributed by atoms with Crippen molar-refractivity contribution in [1.82, 2.24) is 10.2 Å². The first-order valence-corrected chi connectivity index (χ1v) is 7.60. The van der Waals surface area contributed by atoms with Gasteiger partial charge < -0.3 is 5.32 Å². The molecule has 0 aromatic carbocycles. The zero-order chi connectivity index (χ0) is 10.7. The van der Waals surface area contributed by atoms with Gasteiger partial charge in [-0.15, -0.1) is 0 Å². The van der Waals surface area contributed by atoms with Crippen LogP contribution in [0.2, 0.25) is 0 Å². The summed E-state index contributed by atoms with van der Waals surface area (Å²) in [5.74, 6) is 0. The minimum Gasteiger partial charge on any atom is -0.311 e. The van der Waals surface area contributed by atoms with Gasteiger partial charge in [0.25, 0.3) is 0 Å². The molecular formula is C12H24N2S. The molecule has 0 radical (unpaired) electrons. The van der Waals surface area contributed by atoms with E-state index < -0.39 is 0 Å². The summed E-state index contributed by atoms with van der Waals surface area (Å²) in [5.41, 5.74) is 0. The lowest BCUT2D eigenvalue weighted by Crippen LogP contribution is -2.46. The lowest BCUT2D eigenvalue weighted by Gasteiger charge is -2.33. The van der Waals surface area contributed by atoms with Gasteiger partial charge in [0, 0.05) is 30.4 Å². The molecule has 88 valence electrons.